The Morgan fingerprint density at radius 1 is 1.06 bits per heavy atom. The normalized spacial score (nSPS) is 14.2. The molecular formula is C27H23F2N3O3S. The number of carboxylic acids is 1. The molecule has 6 nitrogen and oxygen atoms in total. The molecule has 36 heavy (non-hydrogen) atoms. The summed E-state index contributed by atoms with van der Waals surface area (Å²) in [6.07, 6.45) is 3.08. The van der Waals surface area contributed by atoms with Crippen molar-refractivity contribution in [1.82, 2.24) is 9.88 Å². The van der Waals surface area contributed by atoms with E-state index in [1.807, 2.05) is 18.2 Å². The van der Waals surface area contributed by atoms with Gasteiger partial charge in [0.15, 0.2) is 11.6 Å². The molecule has 0 bridgehead atoms. The zero-order valence-electron chi connectivity index (χ0n) is 19.2. The number of likely N-dealkylation sites (tertiary alicyclic amines) is 1. The summed E-state index contributed by atoms with van der Waals surface area (Å²) in [5.41, 5.74) is 2.84. The Balaban J connectivity index is 1.43. The molecule has 184 valence electrons. The van der Waals surface area contributed by atoms with Crippen LogP contribution in [0.4, 0.5) is 14.5 Å². The van der Waals surface area contributed by atoms with Gasteiger partial charge in [0, 0.05) is 31.2 Å². The highest BCUT2D eigenvalue weighted by molar-refractivity contribution is 7.18. The lowest BCUT2D eigenvalue weighted by Crippen LogP contribution is -2.38. The predicted octanol–water partition coefficient (Wildman–Crippen LogP) is 5.90. The van der Waals surface area contributed by atoms with Crippen molar-refractivity contribution >= 4 is 39.1 Å². The lowest BCUT2D eigenvalue weighted by molar-refractivity contribution is 0.0695. The first kappa shape index (κ1) is 23.9. The molecule has 9 heteroatoms. The molecule has 0 saturated carbocycles. The van der Waals surface area contributed by atoms with Gasteiger partial charge < -0.3 is 15.3 Å². The topological polar surface area (TPSA) is 82.5 Å². The number of hydrogen-bond acceptors (Lipinski definition) is 5. The van der Waals surface area contributed by atoms with Gasteiger partial charge >= 0.3 is 5.97 Å². The number of benzene rings is 2. The van der Waals surface area contributed by atoms with Crippen molar-refractivity contribution < 1.29 is 23.5 Å². The maximum atomic E-state index is 13.7. The van der Waals surface area contributed by atoms with E-state index in [4.69, 9.17) is 0 Å². The van der Waals surface area contributed by atoms with Crippen LogP contribution in [-0.4, -0.2) is 40.0 Å². The van der Waals surface area contributed by atoms with Crippen molar-refractivity contribution in [3.63, 3.8) is 0 Å². The lowest BCUT2D eigenvalue weighted by atomic mass is 9.89. The van der Waals surface area contributed by atoms with Crippen LogP contribution in [-0.2, 0) is 6.54 Å². The monoisotopic (exact) mass is 507 g/mol. The van der Waals surface area contributed by atoms with Crippen molar-refractivity contribution in [3.05, 3.63) is 94.0 Å². The number of thiophene rings is 1. The van der Waals surface area contributed by atoms with Gasteiger partial charge in [-0.15, -0.1) is 11.3 Å². The van der Waals surface area contributed by atoms with E-state index >= 15 is 0 Å². The summed E-state index contributed by atoms with van der Waals surface area (Å²) in [6, 6.07) is 13.8. The number of fused-ring (bicyclic) bond motifs is 1. The van der Waals surface area contributed by atoms with Crippen LogP contribution < -0.4 is 5.32 Å². The smallest absolute Gasteiger partial charge is 0.338 e. The number of piperidine rings is 1. The number of carboxylic acid groups (broad SMARTS) is 1. The maximum Gasteiger partial charge on any atom is 0.338 e. The molecule has 2 aromatic heterocycles. The molecule has 1 saturated heterocycles. The zero-order chi connectivity index (χ0) is 25.2. The van der Waals surface area contributed by atoms with Gasteiger partial charge in [-0.05, 0) is 42.0 Å². The number of rotatable bonds is 6. The number of nitrogens with zero attached hydrogens (tertiary/aromatic N) is 2. The highest BCUT2D eigenvalue weighted by Crippen LogP contribution is 2.36. The molecule has 1 amide bonds. The third-order valence-electron chi connectivity index (χ3n) is 6.55. The number of carbonyl (C=O) groups excluding carboxylic acids is 1. The Kier molecular flexibility index (Phi) is 6.65. The molecule has 0 atom stereocenters. The predicted molar refractivity (Wildman–Crippen MR) is 135 cm³/mol. The molecular weight excluding hydrogens is 484 g/mol. The van der Waals surface area contributed by atoms with Crippen LogP contribution in [0.3, 0.4) is 0 Å². The van der Waals surface area contributed by atoms with E-state index < -0.39 is 17.6 Å². The van der Waals surface area contributed by atoms with E-state index in [-0.39, 0.29) is 23.5 Å². The first-order valence-electron chi connectivity index (χ1n) is 11.6. The number of hydrogen-bond donors (Lipinski definition) is 2. The molecule has 2 aromatic carbocycles. The molecule has 5 rings (SSSR count). The number of carbonyl (C=O) groups is 2. The molecule has 0 spiro atoms. The zero-order valence-corrected chi connectivity index (χ0v) is 20.0. The Morgan fingerprint density at radius 2 is 1.81 bits per heavy atom. The molecule has 4 aromatic rings. The van der Waals surface area contributed by atoms with Gasteiger partial charge in [-0.1, -0.05) is 36.4 Å². The number of amides is 1. The van der Waals surface area contributed by atoms with Crippen LogP contribution in [0, 0.1) is 11.6 Å². The average molecular weight is 508 g/mol. The van der Waals surface area contributed by atoms with E-state index in [0.29, 0.717) is 40.5 Å². The third-order valence-corrected chi connectivity index (χ3v) is 7.54. The summed E-state index contributed by atoms with van der Waals surface area (Å²) in [7, 11) is 0. The standard InChI is InChI=1S/C27H23F2N3O3S/c28-21-7-6-16(12-22(21)29)13-30-23-19(14-31-24-20(27(34)35)15-36-25(23)24)26(33)32-10-8-18(9-11-32)17-4-2-1-3-5-17/h1-7,12,14-15,18H,8-11,13H2,(H,30,31)(H,34,35). The van der Waals surface area contributed by atoms with Gasteiger partial charge in [-0.3, -0.25) is 9.78 Å². The third kappa shape index (κ3) is 4.66. The van der Waals surface area contributed by atoms with Crippen LogP contribution >= 0.6 is 11.3 Å². The summed E-state index contributed by atoms with van der Waals surface area (Å²) in [6.45, 7) is 1.29. The van der Waals surface area contributed by atoms with Crippen LogP contribution in [0.1, 0.15) is 50.6 Å². The van der Waals surface area contributed by atoms with E-state index in [9.17, 15) is 23.5 Å². The quantitative estimate of drug-likeness (QED) is 0.339. The number of aromatic nitrogens is 1. The fourth-order valence-electron chi connectivity index (χ4n) is 4.61. The molecule has 1 aliphatic rings. The van der Waals surface area contributed by atoms with Gasteiger partial charge in [0.2, 0.25) is 0 Å². The summed E-state index contributed by atoms with van der Waals surface area (Å²) in [4.78, 5) is 31.3. The fraction of sp³-hybridized carbons (Fsp3) is 0.222. The van der Waals surface area contributed by atoms with Crippen molar-refractivity contribution in [2.75, 3.05) is 18.4 Å². The Bertz CT molecular complexity index is 1430. The largest absolute Gasteiger partial charge is 0.478 e. The molecule has 0 unspecified atom stereocenters. The highest BCUT2D eigenvalue weighted by atomic mass is 32.1. The van der Waals surface area contributed by atoms with Gasteiger partial charge in [0.25, 0.3) is 5.91 Å². The van der Waals surface area contributed by atoms with Crippen molar-refractivity contribution in [3.8, 4) is 0 Å². The fourth-order valence-corrected chi connectivity index (χ4v) is 5.64. The van der Waals surface area contributed by atoms with Gasteiger partial charge in [-0.25, -0.2) is 13.6 Å². The van der Waals surface area contributed by atoms with Crippen LogP contribution in [0.25, 0.3) is 10.2 Å². The molecule has 1 aliphatic heterocycles. The second kappa shape index (κ2) is 10.0. The SMILES string of the molecule is O=C(O)c1csc2c(NCc3ccc(F)c(F)c3)c(C(=O)N3CCC(c4ccccc4)CC3)cnc12. The molecule has 2 N–H and O–H groups in total. The van der Waals surface area contributed by atoms with Gasteiger partial charge in [0.05, 0.1) is 27.0 Å². The van der Waals surface area contributed by atoms with Crippen LogP contribution in [0.5, 0.6) is 0 Å². The minimum Gasteiger partial charge on any atom is -0.478 e. The second-order valence-corrected chi connectivity index (χ2v) is 9.64. The number of halogens is 2. The van der Waals surface area contributed by atoms with Crippen LogP contribution in [0.15, 0.2) is 60.1 Å². The van der Waals surface area contributed by atoms with Crippen molar-refractivity contribution in [2.24, 2.45) is 0 Å². The summed E-state index contributed by atoms with van der Waals surface area (Å²) in [5, 5.41) is 14.2. The van der Waals surface area contributed by atoms with E-state index in [2.05, 4.69) is 22.4 Å². The highest BCUT2D eigenvalue weighted by Gasteiger charge is 2.28. The van der Waals surface area contributed by atoms with E-state index in [0.717, 1.165) is 25.0 Å². The average Bonchev–Trinajstić information content (AvgIpc) is 3.34. The van der Waals surface area contributed by atoms with E-state index in [1.54, 1.807) is 4.90 Å². The van der Waals surface area contributed by atoms with Crippen molar-refractivity contribution in [2.45, 2.75) is 25.3 Å². The van der Waals surface area contributed by atoms with Gasteiger partial charge in [-0.2, -0.15) is 0 Å². The first-order chi connectivity index (χ1) is 17.4. The molecule has 3 heterocycles. The van der Waals surface area contributed by atoms with Gasteiger partial charge in [0.1, 0.15) is 0 Å². The Labute approximate surface area is 210 Å². The second-order valence-electron chi connectivity index (χ2n) is 8.76. The number of aromatic carboxylic acids is 1. The van der Waals surface area contributed by atoms with Crippen LogP contribution in [0.2, 0.25) is 0 Å². The summed E-state index contributed by atoms with van der Waals surface area (Å²) in [5.74, 6) is -2.83. The lowest BCUT2D eigenvalue weighted by Gasteiger charge is -2.32. The van der Waals surface area contributed by atoms with Crippen molar-refractivity contribution in [1.29, 1.82) is 0 Å². The number of nitrogens with one attached hydrogen (secondary N) is 1. The number of anilines is 1. The minimum atomic E-state index is -1.11. The van der Waals surface area contributed by atoms with E-state index in [1.165, 1.54) is 34.5 Å². The Morgan fingerprint density at radius 3 is 2.50 bits per heavy atom. The molecule has 0 aliphatic carbocycles. The number of pyridine rings is 1. The molecule has 1 fully saturated rings. The Hall–Kier alpha value is -3.85. The first-order valence-corrected chi connectivity index (χ1v) is 12.5. The summed E-state index contributed by atoms with van der Waals surface area (Å²) >= 11 is 1.17. The molecule has 0 radical (unpaired) electrons. The summed E-state index contributed by atoms with van der Waals surface area (Å²) < 4.78 is 27.6. The maximum absolute atomic E-state index is 13.7. The minimum absolute atomic E-state index is 0.0496.